The second kappa shape index (κ2) is 4.17. The van der Waals surface area contributed by atoms with Crippen LogP contribution in [0.4, 0.5) is 0 Å². The summed E-state index contributed by atoms with van der Waals surface area (Å²) in [5.41, 5.74) is 3.89. The number of H-pyrrole nitrogens is 1. The molecule has 1 aromatic carbocycles. The molecule has 0 amide bonds. The molecule has 1 aromatic heterocycles. The lowest BCUT2D eigenvalue weighted by atomic mass is 9.93. The SMILES string of the molecule is CCC1NC(CO)Cc2c1[nH]c1ccccc21. The molecule has 90 valence electrons. The molecule has 0 radical (unpaired) electrons. The van der Waals surface area contributed by atoms with E-state index in [2.05, 4.69) is 41.5 Å². The highest BCUT2D eigenvalue weighted by Gasteiger charge is 2.27. The van der Waals surface area contributed by atoms with Crippen LogP contribution in [0.2, 0.25) is 0 Å². The minimum atomic E-state index is 0.187. The fraction of sp³-hybridized carbons (Fsp3) is 0.429. The van der Waals surface area contributed by atoms with Crippen molar-refractivity contribution in [3.63, 3.8) is 0 Å². The summed E-state index contributed by atoms with van der Waals surface area (Å²) in [7, 11) is 0. The van der Waals surface area contributed by atoms with Crippen LogP contribution in [0, 0.1) is 0 Å². The molecule has 17 heavy (non-hydrogen) atoms. The minimum absolute atomic E-state index is 0.187. The molecule has 2 aromatic rings. The van der Waals surface area contributed by atoms with Gasteiger partial charge in [0.15, 0.2) is 0 Å². The van der Waals surface area contributed by atoms with Crippen LogP contribution < -0.4 is 5.32 Å². The Morgan fingerprint density at radius 3 is 2.94 bits per heavy atom. The maximum absolute atomic E-state index is 9.37. The highest BCUT2D eigenvalue weighted by molar-refractivity contribution is 5.85. The fourth-order valence-corrected chi connectivity index (χ4v) is 2.85. The van der Waals surface area contributed by atoms with Gasteiger partial charge in [-0.1, -0.05) is 25.1 Å². The van der Waals surface area contributed by atoms with E-state index in [1.54, 1.807) is 0 Å². The number of benzene rings is 1. The number of aromatic amines is 1. The van der Waals surface area contributed by atoms with E-state index in [1.807, 2.05) is 0 Å². The van der Waals surface area contributed by atoms with Gasteiger partial charge in [-0.15, -0.1) is 0 Å². The molecule has 1 aliphatic heterocycles. The van der Waals surface area contributed by atoms with Crippen molar-refractivity contribution in [3.05, 3.63) is 35.5 Å². The number of hydrogen-bond acceptors (Lipinski definition) is 2. The van der Waals surface area contributed by atoms with Crippen LogP contribution in [0.25, 0.3) is 10.9 Å². The average Bonchev–Trinajstić information content (AvgIpc) is 2.76. The number of nitrogens with one attached hydrogen (secondary N) is 2. The zero-order chi connectivity index (χ0) is 11.8. The van der Waals surface area contributed by atoms with Crippen molar-refractivity contribution in [2.45, 2.75) is 31.8 Å². The Balaban J connectivity index is 2.15. The highest BCUT2D eigenvalue weighted by atomic mass is 16.3. The normalized spacial score (nSPS) is 23.9. The Bertz CT molecular complexity index is 532. The molecule has 3 rings (SSSR count). The molecule has 2 atom stereocenters. The summed E-state index contributed by atoms with van der Waals surface area (Å²) >= 11 is 0. The molecule has 3 nitrogen and oxygen atoms in total. The lowest BCUT2D eigenvalue weighted by molar-refractivity contribution is 0.221. The van der Waals surface area contributed by atoms with E-state index >= 15 is 0 Å². The zero-order valence-electron chi connectivity index (χ0n) is 10.0. The van der Waals surface area contributed by atoms with E-state index in [0.717, 1.165) is 12.8 Å². The van der Waals surface area contributed by atoms with Gasteiger partial charge >= 0.3 is 0 Å². The van der Waals surface area contributed by atoms with Gasteiger partial charge in [-0.3, -0.25) is 0 Å². The van der Waals surface area contributed by atoms with Crippen LogP contribution in [0.15, 0.2) is 24.3 Å². The van der Waals surface area contributed by atoms with Gasteiger partial charge in [-0.25, -0.2) is 0 Å². The molecule has 0 spiro atoms. The monoisotopic (exact) mass is 230 g/mol. The third kappa shape index (κ3) is 1.66. The summed E-state index contributed by atoms with van der Waals surface area (Å²) in [6.45, 7) is 2.38. The Morgan fingerprint density at radius 2 is 2.18 bits per heavy atom. The van der Waals surface area contributed by atoms with Crippen LogP contribution >= 0.6 is 0 Å². The van der Waals surface area contributed by atoms with E-state index in [9.17, 15) is 5.11 Å². The van der Waals surface area contributed by atoms with Gasteiger partial charge in [0.1, 0.15) is 0 Å². The van der Waals surface area contributed by atoms with Crippen molar-refractivity contribution < 1.29 is 5.11 Å². The number of para-hydroxylation sites is 1. The quantitative estimate of drug-likeness (QED) is 0.740. The Labute approximate surface area is 101 Å². The molecule has 3 N–H and O–H groups in total. The first kappa shape index (κ1) is 10.8. The number of aliphatic hydroxyl groups is 1. The molecule has 0 fully saturated rings. The number of hydrogen-bond donors (Lipinski definition) is 3. The largest absolute Gasteiger partial charge is 0.395 e. The molecule has 0 saturated heterocycles. The maximum Gasteiger partial charge on any atom is 0.0588 e. The average molecular weight is 230 g/mol. The maximum atomic E-state index is 9.37. The van der Waals surface area contributed by atoms with Gasteiger partial charge in [-0.2, -0.15) is 0 Å². The summed E-state index contributed by atoms with van der Waals surface area (Å²) in [6.07, 6.45) is 1.95. The van der Waals surface area contributed by atoms with E-state index in [-0.39, 0.29) is 12.6 Å². The van der Waals surface area contributed by atoms with Crippen LogP contribution in [0.1, 0.15) is 30.6 Å². The summed E-state index contributed by atoms with van der Waals surface area (Å²) in [6, 6.07) is 8.94. The smallest absolute Gasteiger partial charge is 0.0588 e. The molecule has 2 heterocycles. The molecular formula is C14H18N2O. The second-order valence-electron chi connectivity index (χ2n) is 4.77. The van der Waals surface area contributed by atoms with Gasteiger partial charge < -0.3 is 15.4 Å². The standard InChI is InChI=1S/C14H18N2O/c1-2-12-14-11(7-9(8-17)15-12)10-5-3-4-6-13(10)16-14/h3-6,9,12,15-17H,2,7-8H2,1H3. The Kier molecular flexibility index (Phi) is 2.65. The van der Waals surface area contributed by atoms with Crippen molar-refractivity contribution in [3.8, 4) is 0 Å². The summed E-state index contributed by atoms with van der Waals surface area (Å²) in [5, 5.41) is 14.2. The van der Waals surface area contributed by atoms with Crippen LogP contribution in [-0.2, 0) is 6.42 Å². The van der Waals surface area contributed by atoms with Crippen molar-refractivity contribution in [2.24, 2.45) is 0 Å². The number of aromatic nitrogens is 1. The van der Waals surface area contributed by atoms with Crippen molar-refractivity contribution in [2.75, 3.05) is 6.61 Å². The van der Waals surface area contributed by atoms with E-state index < -0.39 is 0 Å². The molecule has 0 aliphatic carbocycles. The van der Waals surface area contributed by atoms with E-state index in [4.69, 9.17) is 0 Å². The Morgan fingerprint density at radius 1 is 1.35 bits per heavy atom. The van der Waals surface area contributed by atoms with Crippen LogP contribution in [0.5, 0.6) is 0 Å². The predicted octanol–water partition coefficient (Wildman–Crippen LogP) is 2.13. The summed E-state index contributed by atoms with van der Waals surface area (Å²) < 4.78 is 0. The Hall–Kier alpha value is -1.32. The summed E-state index contributed by atoms with van der Waals surface area (Å²) in [5.74, 6) is 0. The van der Waals surface area contributed by atoms with Gasteiger partial charge in [0, 0.05) is 28.7 Å². The predicted molar refractivity (Wildman–Crippen MR) is 69.0 cm³/mol. The van der Waals surface area contributed by atoms with Crippen molar-refractivity contribution >= 4 is 10.9 Å². The number of rotatable bonds is 2. The molecule has 2 unspecified atom stereocenters. The minimum Gasteiger partial charge on any atom is -0.395 e. The van der Waals surface area contributed by atoms with E-state index in [1.165, 1.54) is 22.2 Å². The lowest BCUT2D eigenvalue weighted by Gasteiger charge is -2.29. The molecule has 0 bridgehead atoms. The van der Waals surface area contributed by atoms with Crippen molar-refractivity contribution in [1.82, 2.24) is 10.3 Å². The lowest BCUT2D eigenvalue weighted by Crippen LogP contribution is -2.41. The zero-order valence-corrected chi connectivity index (χ0v) is 10.0. The van der Waals surface area contributed by atoms with Crippen LogP contribution in [0.3, 0.4) is 0 Å². The molecule has 3 heteroatoms. The topological polar surface area (TPSA) is 48.0 Å². The van der Waals surface area contributed by atoms with Gasteiger partial charge in [0.25, 0.3) is 0 Å². The highest BCUT2D eigenvalue weighted by Crippen LogP contribution is 2.32. The number of fused-ring (bicyclic) bond motifs is 3. The van der Waals surface area contributed by atoms with Gasteiger partial charge in [0.2, 0.25) is 0 Å². The van der Waals surface area contributed by atoms with Gasteiger partial charge in [-0.05, 0) is 24.5 Å². The molecule has 0 saturated carbocycles. The van der Waals surface area contributed by atoms with Gasteiger partial charge in [0.05, 0.1) is 6.61 Å². The summed E-state index contributed by atoms with van der Waals surface area (Å²) in [4.78, 5) is 3.52. The number of aliphatic hydroxyl groups excluding tert-OH is 1. The first-order chi connectivity index (χ1) is 8.33. The van der Waals surface area contributed by atoms with E-state index in [0.29, 0.717) is 6.04 Å². The third-order valence-electron chi connectivity index (χ3n) is 3.71. The first-order valence-electron chi connectivity index (χ1n) is 6.30. The first-order valence-corrected chi connectivity index (χ1v) is 6.30. The molecular weight excluding hydrogens is 212 g/mol. The van der Waals surface area contributed by atoms with Crippen LogP contribution in [-0.4, -0.2) is 22.7 Å². The van der Waals surface area contributed by atoms with Crippen molar-refractivity contribution in [1.29, 1.82) is 0 Å². The second-order valence-corrected chi connectivity index (χ2v) is 4.77. The molecule has 1 aliphatic rings. The fourth-order valence-electron chi connectivity index (χ4n) is 2.85. The third-order valence-corrected chi connectivity index (χ3v) is 3.71.